The molecule has 3 heteroatoms. The molecule has 0 fully saturated rings. The van der Waals surface area contributed by atoms with E-state index in [9.17, 15) is 8.78 Å². The van der Waals surface area contributed by atoms with Crippen molar-refractivity contribution in [2.24, 2.45) is 0 Å². The predicted octanol–water partition coefficient (Wildman–Crippen LogP) is 4.95. The van der Waals surface area contributed by atoms with Crippen LogP contribution in [0, 0.1) is 18.6 Å². The normalized spacial score (nSPS) is 12.4. The van der Waals surface area contributed by atoms with Crippen LogP contribution in [0.25, 0.3) is 0 Å². The minimum Gasteiger partial charge on any atom is -0.207 e. The van der Waals surface area contributed by atoms with Crippen LogP contribution < -0.4 is 0 Å². The Kier molecular flexibility index (Phi) is 4.12. The van der Waals surface area contributed by atoms with Crippen LogP contribution >= 0.6 is 15.9 Å². The van der Waals surface area contributed by atoms with Crippen LogP contribution in [0.15, 0.2) is 42.5 Å². The van der Waals surface area contributed by atoms with E-state index >= 15 is 0 Å². The Balaban J connectivity index is 2.21. The Morgan fingerprint density at radius 1 is 1.11 bits per heavy atom. The van der Waals surface area contributed by atoms with Gasteiger partial charge in [-0.2, -0.15) is 0 Å². The van der Waals surface area contributed by atoms with Gasteiger partial charge in [0, 0.05) is 10.9 Å². The third kappa shape index (κ3) is 2.96. The third-order valence-electron chi connectivity index (χ3n) is 2.94. The number of benzene rings is 2. The van der Waals surface area contributed by atoms with Gasteiger partial charge in [0.15, 0.2) is 0 Å². The Morgan fingerprint density at radius 2 is 1.83 bits per heavy atom. The topological polar surface area (TPSA) is 0 Å². The smallest absolute Gasteiger partial charge is 0.129 e. The summed E-state index contributed by atoms with van der Waals surface area (Å²) in [5.74, 6) is -1.04. The molecule has 1 unspecified atom stereocenters. The average Bonchev–Trinajstić information content (AvgIpc) is 2.33. The van der Waals surface area contributed by atoms with Gasteiger partial charge in [-0.1, -0.05) is 46.3 Å². The molecule has 0 aliphatic rings. The quantitative estimate of drug-likeness (QED) is 0.703. The van der Waals surface area contributed by atoms with E-state index in [0.717, 1.165) is 17.2 Å². The number of hydrogen-bond donors (Lipinski definition) is 0. The van der Waals surface area contributed by atoms with Gasteiger partial charge in [-0.15, -0.1) is 0 Å². The summed E-state index contributed by atoms with van der Waals surface area (Å²) >= 11 is 3.57. The molecule has 0 radical (unpaired) electrons. The molecular formula is C15H13BrF2. The molecule has 0 aliphatic carbocycles. The molecule has 94 valence electrons. The maximum Gasteiger partial charge on any atom is 0.129 e. The molecule has 0 amide bonds. The maximum atomic E-state index is 13.6. The van der Waals surface area contributed by atoms with E-state index < -0.39 is 11.6 Å². The van der Waals surface area contributed by atoms with Crippen molar-refractivity contribution in [3.8, 4) is 0 Å². The molecule has 0 saturated heterocycles. The molecule has 18 heavy (non-hydrogen) atoms. The molecule has 0 nitrogen and oxygen atoms in total. The van der Waals surface area contributed by atoms with E-state index in [2.05, 4.69) is 15.9 Å². The number of aryl methyl sites for hydroxylation is 1. The lowest BCUT2D eigenvalue weighted by atomic mass is 10.0. The maximum absolute atomic E-state index is 13.6. The van der Waals surface area contributed by atoms with E-state index in [4.69, 9.17) is 0 Å². The molecule has 0 heterocycles. The third-order valence-corrected chi connectivity index (χ3v) is 3.76. The van der Waals surface area contributed by atoms with Gasteiger partial charge in [0.25, 0.3) is 0 Å². The van der Waals surface area contributed by atoms with Crippen molar-refractivity contribution >= 4 is 15.9 Å². The van der Waals surface area contributed by atoms with Crippen molar-refractivity contribution in [2.45, 2.75) is 18.2 Å². The monoisotopic (exact) mass is 310 g/mol. The summed E-state index contributed by atoms with van der Waals surface area (Å²) in [6.45, 7) is 2.02. The second-order valence-electron chi connectivity index (χ2n) is 4.26. The molecule has 0 bridgehead atoms. The zero-order valence-corrected chi connectivity index (χ0v) is 11.5. The highest BCUT2D eigenvalue weighted by Crippen LogP contribution is 2.30. The van der Waals surface area contributed by atoms with E-state index in [-0.39, 0.29) is 4.83 Å². The van der Waals surface area contributed by atoms with Crippen LogP contribution in [-0.4, -0.2) is 0 Å². The fourth-order valence-corrected chi connectivity index (χ4v) is 2.79. The SMILES string of the molecule is Cc1ccccc1C(Br)Cc1ccc(F)cc1F. The zero-order chi connectivity index (χ0) is 13.1. The highest BCUT2D eigenvalue weighted by Gasteiger charge is 2.13. The first-order valence-electron chi connectivity index (χ1n) is 5.71. The highest BCUT2D eigenvalue weighted by molar-refractivity contribution is 9.09. The molecule has 0 spiro atoms. The van der Waals surface area contributed by atoms with Gasteiger partial charge in [-0.25, -0.2) is 8.78 Å². The Morgan fingerprint density at radius 3 is 2.50 bits per heavy atom. The fraction of sp³-hybridized carbons (Fsp3) is 0.200. The largest absolute Gasteiger partial charge is 0.207 e. The average molecular weight is 311 g/mol. The second-order valence-corrected chi connectivity index (χ2v) is 5.37. The van der Waals surface area contributed by atoms with Gasteiger partial charge in [0.2, 0.25) is 0 Å². The first kappa shape index (κ1) is 13.2. The first-order valence-corrected chi connectivity index (χ1v) is 6.63. The summed E-state index contributed by atoms with van der Waals surface area (Å²) in [7, 11) is 0. The summed E-state index contributed by atoms with van der Waals surface area (Å²) in [5, 5.41) is 0. The van der Waals surface area contributed by atoms with Crippen LogP contribution in [-0.2, 0) is 6.42 Å². The molecule has 2 rings (SSSR count). The molecule has 2 aromatic rings. The van der Waals surface area contributed by atoms with Crippen molar-refractivity contribution in [1.82, 2.24) is 0 Å². The summed E-state index contributed by atoms with van der Waals surface area (Å²) in [6.07, 6.45) is 0.497. The zero-order valence-electron chi connectivity index (χ0n) is 9.96. The Labute approximate surface area is 114 Å². The minimum absolute atomic E-state index is 0.0265. The van der Waals surface area contributed by atoms with E-state index in [1.807, 2.05) is 31.2 Å². The summed E-state index contributed by atoms with van der Waals surface area (Å²) in [6, 6.07) is 11.7. The minimum atomic E-state index is -0.543. The standard InChI is InChI=1S/C15H13BrF2/c1-10-4-2-3-5-13(10)14(16)8-11-6-7-12(17)9-15(11)18/h2-7,9,14H,8H2,1H3. The molecule has 2 aromatic carbocycles. The Bertz CT molecular complexity index is 552. The van der Waals surface area contributed by atoms with E-state index in [1.54, 1.807) is 0 Å². The Hall–Kier alpha value is -1.22. The van der Waals surface area contributed by atoms with Gasteiger partial charge in [0.05, 0.1) is 0 Å². The van der Waals surface area contributed by atoms with Gasteiger partial charge in [-0.3, -0.25) is 0 Å². The van der Waals surface area contributed by atoms with Crippen LogP contribution in [0.2, 0.25) is 0 Å². The lowest BCUT2D eigenvalue weighted by Crippen LogP contribution is -2.00. The first-order chi connectivity index (χ1) is 8.58. The lowest BCUT2D eigenvalue weighted by molar-refractivity contribution is 0.571. The van der Waals surface area contributed by atoms with Crippen molar-refractivity contribution in [2.75, 3.05) is 0 Å². The number of rotatable bonds is 3. The lowest BCUT2D eigenvalue weighted by Gasteiger charge is -2.13. The molecule has 0 saturated carbocycles. The summed E-state index contributed by atoms with van der Waals surface area (Å²) in [5.41, 5.74) is 2.80. The molecule has 0 aliphatic heterocycles. The molecular weight excluding hydrogens is 298 g/mol. The van der Waals surface area contributed by atoms with Crippen molar-refractivity contribution < 1.29 is 8.78 Å². The van der Waals surface area contributed by atoms with Gasteiger partial charge >= 0.3 is 0 Å². The van der Waals surface area contributed by atoms with Crippen LogP contribution in [0.5, 0.6) is 0 Å². The predicted molar refractivity (Wildman–Crippen MR) is 72.9 cm³/mol. The number of hydrogen-bond acceptors (Lipinski definition) is 0. The van der Waals surface area contributed by atoms with Crippen LogP contribution in [0.1, 0.15) is 21.5 Å². The molecule has 1 atom stereocenters. The molecule has 0 aromatic heterocycles. The van der Waals surface area contributed by atoms with Crippen LogP contribution in [0.3, 0.4) is 0 Å². The van der Waals surface area contributed by atoms with E-state index in [0.29, 0.717) is 12.0 Å². The highest BCUT2D eigenvalue weighted by atomic mass is 79.9. The van der Waals surface area contributed by atoms with Crippen molar-refractivity contribution in [3.63, 3.8) is 0 Å². The van der Waals surface area contributed by atoms with Gasteiger partial charge in [0.1, 0.15) is 11.6 Å². The summed E-state index contributed by atoms with van der Waals surface area (Å²) < 4.78 is 26.4. The van der Waals surface area contributed by atoms with Gasteiger partial charge < -0.3 is 0 Å². The fourth-order valence-electron chi connectivity index (χ4n) is 1.93. The molecule has 0 N–H and O–H groups in total. The van der Waals surface area contributed by atoms with Gasteiger partial charge in [-0.05, 0) is 36.1 Å². The van der Waals surface area contributed by atoms with Crippen molar-refractivity contribution in [1.29, 1.82) is 0 Å². The second kappa shape index (κ2) is 5.61. The van der Waals surface area contributed by atoms with Crippen LogP contribution in [0.4, 0.5) is 8.78 Å². The van der Waals surface area contributed by atoms with Crippen molar-refractivity contribution in [3.05, 3.63) is 70.8 Å². The number of halogens is 3. The van der Waals surface area contributed by atoms with E-state index in [1.165, 1.54) is 12.1 Å². The summed E-state index contributed by atoms with van der Waals surface area (Å²) in [4.78, 5) is 0.0265. The number of alkyl halides is 1.